The molecule has 0 amide bonds. The average molecular weight is 204 g/mol. The van der Waals surface area contributed by atoms with Crippen LogP contribution in [-0.4, -0.2) is 4.98 Å². The average Bonchev–Trinajstić information content (AvgIpc) is 2.38. The van der Waals surface area contributed by atoms with Gasteiger partial charge in [0, 0.05) is 11.8 Å². The highest BCUT2D eigenvalue weighted by molar-refractivity contribution is 5.42. The molecule has 0 bridgehead atoms. The third kappa shape index (κ3) is 2.47. The third-order valence-electron chi connectivity index (χ3n) is 2.00. The van der Waals surface area contributed by atoms with E-state index in [1.54, 1.807) is 18.3 Å². The molecule has 2 nitrogen and oxygen atoms in total. The van der Waals surface area contributed by atoms with Crippen LogP contribution in [0.15, 0.2) is 48.7 Å². The van der Waals surface area contributed by atoms with E-state index in [-0.39, 0.29) is 0 Å². The van der Waals surface area contributed by atoms with Crippen molar-refractivity contribution in [2.75, 3.05) is 0 Å². The Morgan fingerprint density at radius 2 is 1.75 bits per heavy atom. The second-order valence-corrected chi connectivity index (χ2v) is 3.16. The van der Waals surface area contributed by atoms with Crippen molar-refractivity contribution in [3.05, 3.63) is 65.5 Å². The van der Waals surface area contributed by atoms with Crippen molar-refractivity contribution in [1.82, 2.24) is 4.98 Å². The largest absolute Gasteiger partial charge is 0.248 e. The zero-order valence-electron chi connectivity index (χ0n) is 8.51. The minimum absolute atomic E-state index is 0.576. The number of hydrogen-bond donors (Lipinski definition) is 0. The highest BCUT2D eigenvalue weighted by atomic mass is 14.6. The number of nitriles is 1. The van der Waals surface area contributed by atoms with Crippen LogP contribution in [-0.2, 0) is 0 Å². The molecule has 1 heterocycles. The number of pyridine rings is 1. The van der Waals surface area contributed by atoms with Gasteiger partial charge in [-0.2, -0.15) is 5.26 Å². The highest BCUT2D eigenvalue weighted by Gasteiger charge is 1.91. The van der Waals surface area contributed by atoms with Gasteiger partial charge in [0.2, 0.25) is 0 Å². The molecule has 0 saturated heterocycles. The molecule has 2 aromatic rings. The van der Waals surface area contributed by atoms with Crippen LogP contribution in [0.25, 0.3) is 0 Å². The first-order valence-corrected chi connectivity index (χ1v) is 4.82. The lowest BCUT2D eigenvalue weighted by molar-refractivity contribution is 1.27. The van der Waals surface area contributed by atoms with Gasteiger partial charge in [0.15, 0.2) is 0 Å². The molecular formula is C14H8N2. The molecule has 0 aliphatic heterocycles. The number of benzene rings is 1. The third-order valence-corrected chi connectivity index (χ3v) is 2.00. The van der Waals surface area contributed by atoms with Gasteiger partial charge in [0.1, 0.15) is 5.69 Å². The van der Waals surface area contributed by atoms with Crippen molar-refractivity contribution in [2.24, 2.45) is 0 Å². The van der Waals surface area contributed by atoms with Crippen LogP contribution >= 0.6 is 0 Å². The van der Waals surface area contributed by atoms with Crippen molar-refractivity contribution in [3.63, 3.8) is 0 Å². The molecule has 0 radical (unpaired) electrons. The minimum atomic E-state index is 0.576. The summed E-state index contributed by atoms with van der Waals surface area (Å²) in [5, 5.41) is 8.72. The highest BCUT2D eigenvalue weighted by Crippen LogP contribution is 2.00. The van der Waals surface area contributed by atoms with Gasteiger partial charge in [-0.25, -0.2) is 4.98 Å². The maximum atomic E-state index is 8.72. The van der Waals surface area contributed by atoms with Gasteiger partial charge in [0.05, 0.1) is 11.6 Å². The fourth-order valence-corrected chi connectivity index (χ4v) is 1.23. The Labute approximate surface area is 94.2 Å². The Morgan fingerprint density at radius 3 is 2.50 bits per heavy atom. The van der Waals surface area contributed by atoms with E-state index in [2.05, 4.69) is 22.9 Å². The summed E-state index contributed by atoms with van der Waals surface area (Å²) in [7, 11) is 0. The Bertz CT molecular complexity index is 583. The summed E-state index contributed by atoms with van der Waals surface area (Å²) in [5.74, 6) is 5.91. The summed E-state index contributed by atoms with van der Waals surface area (Å²) >= 11 is 0. The molecule has 0 aliphatic carbocycles. The number of hydrogen-bond acceptors (Lipinski definition) is 2. The summed E-state index contributed by atoms with van der Waals surface area (Å²) in [5.41, 5.74) is 2.13. The molecule has 0 aliphatic rings. The van der Waals surface area contributed by atoms with Crippen LogP contribution in [0.5, 0.6) is 0 Å². The van der Waals surface area contributed by atoms with Gasteiger partial charge in [-0.05, 0) is 30.2 Å². The first kappa shape index (κ1) is 9.96. The molecule has 0 unspecified atom stereocenters. The maximum Gasteiger partial charge on any atom is 0.114 e. The Balaban J connectivity index is 2.28. The maximum absolute atomic E-state index is 8.72. The zero-order valence-corrected chi connectivity index (χ0v) is 8.51. The van der Waals surface area contributed by atoms with Gasteiger partial charge in [-0.15, -0.1) is 0 Å². The molecule has 0 fully saturated rings. The van der Waals surface area contributed by atoms with E-state index in [1.165, 1.54) is 0 Å². The molecule has 0 saturated carbocycles. The molecule has 2 heteroatoms. The quantitative estimate of drug-likeness (QED) is 0.617. The Hall–Kier alpha value is -2.58. The standard InChI is InChI=1S/C14H8N2/c15-11-13-8-9-16-14(10-13)7-6-12-4-2-1-3-5-12/h1-5,8-10H. The second kappa shape index (κ2) is 4.77. The lowest BCUT2D eigenvalue weighted by Gasteiger charge is -1.90. The van der Waals surface area contributed by atoms with Crippen LogP contribution in [0, 0.1) is 23.2 Å². The number of rotatable bonds is 0. The van der Waals surface area contributed by atoms with Crippen LogP contribution in [0.1, 0.15) is 16.8 Å². The molecule has 2 rings (SSSR count). The summed E-state index contributed by atoms with van der Waals surface area (Å²) in [6.07, 6.45) is 1.59. The normalized spacial score (nSPS) is 8.69. The van der Waals surface area contributed by atoms with E-state index < -0.39 is 0 Å². The SMILES string of the molecule is N#Cc1ccnc(C#Cc2ccccc2)c1. The second-order valence-electron chi connectivity index (χ2n) is 3.16. The summed E-state index contributed by atoms with van der Waals surface area (Å²) in [4.78, 5) is 4.08. The van der Waals surface area contributed by atoms with E-state index in [9.17, 15) is 0 Å². The summed E-state index contributed by atoms with van der Waals surface area (Å²) in [6.45, 7) is 0. The number of aromatic nitrogens is 1. The van der Waals surface area contributed by atoms with Crippen LogP contribution in [0.3, 0.4) is 0 Å². The van der Waals surface area contributed by atoms with E-state index in [1.807, 2.05) is 30.3 Å². The minimum Gasteiger partial charge on any atom is -0.248 e. The number of nitrogens with zero attached hydrogens (tertiary/aromatic N) is 2. The van der Waals surface area contributed by atoms with Crippen molar-refractivity contribution in [2.45, 2.75) is 0 Å². The molecule has 1 aromatic heterocycles. The van der Waals surface area contributed by atoms with E-state index in [0.717, 1.165) is 5.56 Å². The Morgan fingerprint density at radius 1 is 0.938 bits per heavy atom. The summed E-state index contributed by atoms with van der Waals surface area (Å²) < 4.78 is 0. The van der Waals surface area contributed by atoms with Gasteiger partial charge in [-0.3, -0.25) is 0 Å². The van der Waals surface area contributed by atoms with Crippen molar-refractivity contribution < 1.29 is 0 Å². The van der Waals surface area contributed by atoms with Crippen LogP contribution in [0.4, 0.5) is 0 Å². The van der Waals surface area contributed by atoms with Crippen LogP contribution in [0.2, 0.25) is 0 Å². The van der Waals surface area contributed by atoms with Crippen LogP contribution < -0.4 is 0 Å². The molecule has 16 heavy (non-hydrogen) atoms. The van der Waals surface area contributed by atoms with Crippen molar-refractivity contribution in [3.8, 4) is 17.9 Å². The lowest BCUT2D eigenvalue weighted by atomic mass is 10.2. The predicted octanol–water partition coefficient (Wildman–Crippen LogP) is 2.35. The Kier molecular flexibility index (Phi) is 2.97. The van der Waals surface area contributed by atoms with Gasteiger partial charge in [0.25, 0.3) is 0 Å². The topological polar surface area (TPSA) is 36.7 Å². The van der Waals surface area contributed by atoms with Crippen molar-refractivity contribution in [1.29, 1.82) is 5.26 Å². The van der Waals surface area contributed by atoms with Gasteiger partial charge in [-0.1, -0.05) is 24.1 Å². The first-order valence-electron chi connectivity index (χ1n) is 4.82. The smallest absolute Gasteiger partial charge is 0.114 e. The molecule has 0 N–H and O–H groups in total. The first-order chi connectivity index (χ1) is 7.88. The van der Waals surface area contributed by atoms with Gasteiger partial charge < -0.3 is 0 Å². The fourth-order valence-electron chi connectivity index (χ4n) is 1.23. The monoisotopic (exact) mass is 204 g/mol. The predicted molar refractivity (Wildman–Crippen MR) is 61.4 cm³/mol. The van der Waals surface area contributed by atoms with Gasteiger partial charge >= 0.3 is 0 Å². The van der Waals surface area contributed by atoms with Crippen molar-refractivity contribution >= 4 is 0 Å². The van der Waals surface area contributed by atoms with E-state index in [0.29, 0.717) is 11.3 Å². The van der Waals surface area contributed by atoms with E-state index in [4.69, 9.17) is 5.26 Å². The molecule has 1 aromatic carbocycles. The molecule has 74 valence electrons. The lowest BCUT2D eigenvalue weighted by Crippen LogP contribution is -1.83. The van der Waals surface area contributed by atoms with E-state index >= 15 is 0 Å². The summed E-state index contributed by atoms with van der Waals surface area (Å²) in [6, 6.07) is 15.1. The molecule has 0 atom stereocenters. The zero-order chi connectivity index (χ0) is 11.2. The molecular weight excluding hydrogens is 196 g/mol. The molecule has 0 spiro atoms. The fraction of sp³-hybridized carbons (Fsp3) is 0.